The van der Waals surface area contributed by atoms with Gasteiger partial charge in [0.05, 0.1) is 22.8 Å². The lowest BCUT2D eigenvalue weighted by Crippen LogP contribution is -2.13. The molecule has 9 heteroatoms. The van der Waals surface area contributed by atoms with E-state index in [1.807, 2.05) is 37.3 Å². The van der Waals surface area contributed by atoms with E-state index < -0.39 is 16.0 Å². The van der Waals surface area contributed by atoms with Crippen molar-refractivity contribution in [2.45, 2.75) is 18.2 Å². The van der Waals surface area contributed by atoms with Gasteiger partial charge in [0, 0.05) is 17.7 Å². The fraction of sp³-hybridized carbons (Fsp3) is 0.120. The van der Waals surface area contributed by atoms with Crippen molar-refractivity contribution in [3.63, 3.8) is 0 Å². The van der Waals surface area contributed by atoms with E-state index >= 15 is 0 Å². The van der Waals surface area contributed by atoms with Crippen LogP contribution in [0.3, 0.4) is 0 Å². The van der Waals surface area contributed by atoms with E-state index in [-0.39, 0.29) is 10.5 Å². The Morgan fingerprint density at radius 3 is 2.32 bits per heavy atom. The largest absolute Gasteiger partial charge is 0.493 e. The van der Waals surface area contributed by atoms with Gasteiger partial charge in [-0.15, -0.1) is 0 Å². The van der Waals surface area contributed by atoms with Gasteiger partial charge in [0.2, 0.25) is 5.89 Å². The molecule has 0 atom stereocenters. The van der Waals surface area contributed by atoms with Crippen molar-refractivity contribution in [2.24, 2.45) is 0 Å². The first kappa shape index (κ1) is 23.1. The average molecular weight is 479 g/mol. The van der Waals surface area contributed by atoms with Gasteiger partial charge in [-0.25, -0.2) is 18.2 Å². The zero-order valence-electron chi connectivity index (χ0n) is 18.3. The van der Waals surface area contributed by atoms with Crippen LogP contribution in [0, 0.1) is 6.92 Å². The number of ether oxygens (including phenoxy) is 1. The highest BCUT2D eigenvalue weighted by Crippen LogP contribution is 2.23. The van der Waals surface area contributed by atoms with Crippen molar-refractivity contribution in [2.75, 3.05) is 11.3 Å². The number of carboxylic acids is 1. The number of anilines is 1. The molecule has 34 heavy (non-hydrogen) atoms. The van der Waals surface area contributed by atoms with E-state index in [1.54, 1.807) is 24.3 Å². The van der Waals surface area contributed by atoms with Crippen LogP contribution in [-0.4, -0.2) is 31.1 Å². The molecule has 1 aromatic heterocycles. The summed E-state index contributed by atoms with van der Waals surface area (Å²) in [5, 5.41) is 8.94. The summed E-state index contributed by atoms with van der Waals surface area (Å²) in [6.07, 6.45) is 0.558. The Balaban J connectivity index is 1.33. The number of sulfonamides is 1. The van der Waals surface area contributed by atoms with E-state index in [0.717, 1.165) is 17.0 Å². The molecule has 0 radical (unpaired) electrons. The predicted molar refractivity (Wildman–Crippen MR) is 127 cm³/mol. The molecule has 0 fully saturated rings. The monoisotopic (exact) mass is 478 g/mol. The summed E-state index contributed by atoms with van der Waals surface area (Å²) in [4.78, 5) is 15.5. The third-order valence-electron chi connectivity index (χ3n) is 5.04. The van der Waals surface area contributed by atoms with Crippen LogP contribution < -0.4 is 9.46 Å². The fourth-order valence-corrected chi connectivity index (χ4v) is 4.30. The van der Waals surface area contributed by atoms with Gasteiger partial charge in [0.15, 0.2) is 0 Å². The molecule has 0 bridgehead atoms. The van der Waals surface area contributed by atoms with Gasteiger partial charge < -0.3 is 14.3 Å². The van der Waals surface area contributed by atoms with Gasteiger partial charge in [-0.1, -0.05) is 18.2 Å². The Labute approximate surface area is 196 Å². The fourth-order valence-electron chi connectivity index (χ4n) is 3.24. The molecule has 4 aromatic rings. The van der Waals surface area contributed by atoms with Gasteiger partial charge in [-0.05, 0) is 67.6 Å². The molecule has 4 rings (SSSR count). The van der Waals surface area contributed by atoms with Crippen LogP contribution in [0.4, 0.5) is 5.69 Å². The molecule has 0 saturated carbocycles. The molecule has 0 aliphatic rings. The molecule has 0 amide bonds. The van der Waals surface area contributed by atoms with Crippen molar-refractivity contribution in [3.05, 3.63) is 95.9 Å². The molecule has 0 aliphatic carbocycles. The van der Waals surface area contributed by atoms with Gasteiger partial charge in [-0.3, -0.25) is 4.72 Å². The zero-order valence-corrected chi connectivity index (χ0v) is 19.1. The van der Waals surface area contributed by atoms with Crippen molar-refractivity contribution >= 4 is 21.7 Å². The highest BCUT2D eigenvalue weighted by atomic mass is 32.2. The van der Waals surface area contributed by atoms with Gasteiger partial charge in [0.1, 0.15) is 11.5 Å². The van der Waals surface area contributed by atoms with Crippen LogP contribution in [-0.2, 0) is 16.4 Å². The first-order valence-electron chi connectivity index (χ1n) is 10.4. The number of benzene rings is 3. The maximum Gasteiger partial charge on any atom is 0.335 e. The molecule has 174 valence electrons. The van der Waals surface area contributed by atoms with Crippen molar-refractivity contribution in [1.29, 1.82) is 0 Å². The molecule has 0 spiro atoms. The number of carboxylic acid groups (broad SMARTS) is 1. The number of hydrogen-bond acceptors (Lipinski definition) is 6. The molecule has 2 N–H and O–H groups in total. The smallest absolute Gasteiger partial charge is 0.335 e. The molecule has 8 nitrogen and oxygen atoms in total. The number of hydrogen-bond donors (Lipinski definition) is 2. The van der Waals surface area contributed by atoms with E-state index in [4.69, 9.17) is 14.3 Å². The van der Waals surface area contributed by atoms with Crippen LogP contribution in [0.1, 0.15) is 21.8 Å². The topological polar surface area (TPSA) is 119 Å². The molecule has 0 saturated heterocycles. The third-order valence-corrected chi connectivity index (χ3v) is 6.44. The van der Waals surface area contributed by atoms with Gasteiger partial charge in [0.25, 0.3) is 10.0 Å². The van der Waals surface area contributed by atoms with Crippen LogP contribution in [0.25, 0.3) is 11.5 Å². The van der Waals surface area contributed by atoms with Crippen molar-refractivity contribution in [1.82, 2.24) is 4.98 Å². The Morgan fingerprint density at radius 1 is 1.00 bits per heavy atom. The number of rotatable bonds is 9. The Bertz CT molecular complexity index is 1380. The van der Waals surface area contributed by atoms with Crippen LogP contribution >= 0.6 is 0 Å². The van der Waals surface area contributed by atoms with Crippen molar-refractivity contribution in [3.8, 4) is 17.2 Å². The van der Waals surface area contributed by atoms with Gasteiger partial charge in [-0.2, -0.15) is 0 Å². The molecule has 1 heterocycles. The Kier molecular flexibility index (Phi) is 6.65. The first-order chi connectivity index (χ1) is 16.3. The number of aromatic nitrogens is 1. The van der Waals surface area contributed by atoms with E-state index in [2.05, 4.69) is 9.71 Å². The van der Waals surface area contributed by atoms with Crippen molar-refractivity contribution < 1.29 is 27.5 Å². The van der Waals surface area contributed by atoms with E-state index in [1.165, 1.54) is 24.3 Å². The molecule has 3 aromatic carbocycles. The zero-order chi connectivity index (χ0) is 24.1. The maximum atomic E-state index is 12.5. The SMILES string of the molecule is Cc1oc(-c2ccccc2)nc1CCOc1ccc(NS(=O)(=O)c2ccc(C(=O)O)cc2)cc1. The quantitative estimate of drug-likeness (QED) is 0.356. The average Bonchev–Trinajstić information content (AvgIpc) is 3.21. The summed E-state index contributed by atoms with van der Waals surface area (Å²) < 4.78 is 39.0. The number of nitrogens with one attached hydrogen (secondary N) is 1. The predicted octanol–water partition coefficient (Wildman–Crippen LogP) is 4.77. The molecular formula is C25H22N2O6S. The summed E-state index contributed by atoms with van der Waals surface area (Å²) in [6, 6.07) is 21.2. The number of aryl methyl sites for hydroxylation is 1. The summed E-state index contributed by atoms with van der Waals surface area (Å²) in [5.41, 5.74) is 2.10. The van der Waals surface area contributed by atoms with Crippen LogP contribution in [0.15, 0.2) is 88.2 Å². The lowest BCUT2D eigenvalue weighted by atomic mass is 10.2. The minimum absolute atomic E-state index is 0.0116. The lowest BCUT2D eigenvalue weighted by molar-refractivity contribution is 0.0696. The summed E-state index contributed by atoms with van der Waals surface area (Å²) in [7, 11) is -3.85. The van der Waals surface area contributed by atoms with Gasteiger partial charge >= 0.3 is 5.97 Å². The summed E-state index contributed by atoms with van der Waals surface area (Å²) in [5.74, 6) is 0.770. The third kappa shape index (κ3) is 5.44. The molecule has 0 unspecified atom stereocenters. The first-order valence-corrected chi connectivity index (χ1v) is 11.9. The number of oxazole rings is 1. The lowest BCUT2D eigenvalue weighted by Gasteiger charge is -2.10. The van der Waals surface area contributed by atoms with Crippen LogP contribution in [0.5, 0.6) is 5.75 Å². The Morgan fingerprint density at radius 2 is 1.68 bits per heavy atom. The Hall–Kier alpha value is -4.11. The second-order valence-electron chi connectivity index (χ2n) is 7.45. The molecule has 0 aliphatic heterocycles. The standard InChI is InChI=1S/C25H22N2O6S/c1-17-23(26-24(33-17)18-5-3-2-4-6-18)15-16-32-21-11-9-20(10-12-21)27-34(30,31)22-13-7-19(8-14-22)25(28)29/h2-14,27H,15-16H2,1H3,(H,28,29). The summed E-state index contributed by atoms with van der Waals surface area (Å²) in [6.45, 7) is 2.24. The number of aromatic carboxylic acids is 1. The van der Waals surface area contributed by atoms with E-state index in [0.29, 0.717) is 30.4 Å². The van der Waals surface area contributed by atoms with Crippen LogP contribution in [0.2, 0.25) is 0 Å². The maximum absolute atomic E-state index is 12.5. The normalized spacial score (nSPS) is 11.2. The summed E-state index contributed by atoms with van der Waals surface area (Å²) >= 11 is 0. The number of nitrogens with zero attached hydrogens (tertiary/aromatic N) is 1. The minimum atomic E-state index is -3.85. The minimum Gasteiger partial charge on any atom is -0.493 e. The highest BCUT2D eigenvalue weighted by molar-refractivity contribution is 7.92. The highest BCUT2D eigenvalue weighted by Gasteiger charge is 2.15. The number of carbonyl (C=O) groups is 1. The second-order valence-corrected chi connectivity index (χ2v) is 9.13. The molecular weight excluding hydrogens is 456 g/mol. The second kappa shape index (κ2) is 9.80. The van der Waals surface area contributed by atoms with E-state index in [9.17, 15) is 13.2 Å².